The van der Waals surface area contributed by atoms with Crippen LogP contribution in [0.3, 0.4) is 0 Å². The first kappa shape index (κ1) is 17.6. The van der Waals surface area contributed by atoms with Crippen LogP contribution in [-0.4, -0.2) is 12.0 Å². The minimum atomic E-state index is -0.489. The molecule has 4 heteroatoms. The zero-order chi connectivity index (χ0) is 17.9. The lowest BCUT2D eigenvalue weighted by atomic mass is 9.95. The maximum atomic E-state index is 13.1. The van der Waals surface area contributed by atoms with Gasteiger partial charge in [0.2, 0.25) is 5.91 Å². The van der Waals surface area contributed by atoms with Crippen molar-refractivity contribution in [2.45, 2.75) is 51.4 Å². The number of carbonyl (C=O) groups is 1. The first-order valence-corrected chi connectivity index (χ1v) is 8.74. The van der Waals surface area contributed by atoms with E-state index < -0.39 is 5.41 Å². The summed E-state index contributed by atoms with van der Waals surface area (Å²) < 4.78 is 18.8. The SMILES string of the molecule is CC(C)OCc1ccccc1CNC(=O)C1(c2ccc(F)cc2)CC1. The molecule has 0 aliphatic heterocycles. The van der Waals surface area contributed by atoms with Crippen molar-refractivity contribution in [2.75, 3.05) is 0 Å². The molecule has 1 aliphatic carbocycles. The summed E-state index contributed by atoms with van der Waals surface area (Å²) in [4.78, 5) is 12.7. The van der Waals surface area contributed by atoms with Gasteiger partial charge < -0.3 is 10.1 Å². The fourth-order valence-corrected chi connectivity index (χ4v) is 3.01. The van der Waals surface area contributed by atoms with E-state index in [0.29, 0.717) is 13.2 Å². The Balaban J connectivity index is 1.66. The molecule has 0 heterocycles. The summed E-state index contributed by atoms with van der Waals surface area (Å²) in [5, 5.41) is 3.05. The standard InChI is InChI=1S/C21H24FNO2/c1-15(2)25-14-17-6-4-3-5-16(17)13-23-20(24)21(11-12-21)18-7-9-19(22)10-8-18/h3-10,15H,11-14H2,1-2H3,(H,23,24). The van der Waals surface area contributed by atoms with E-state index in [1.807, 2.05) is 38.1 Å². The Morgan fingerprint density at radius 2 is 1.76 bits per heavy atom. The summed E-state index contributed by atoms with van der Waals surface area (Å²) in [6.45, 7) is 5.01. The summed E-state index contributed by atoms with van der Waals surface area (Å²) in [5.41, 5.74) is 2.55. The summed E-state index contributed by atoms with van der Waals surface area (Å²) in [5.74, 6) is -0.266. The van der Waals surface area contributed by atoms with Gasteiger partial charge in [0.05, 0.1) is 18.1 Å². The zero-order valence-corrected chi connectivity index (χ0v) is 14.7. The molecule has 0 saturated heterocycles. The predicted molar refractivity (Wildman–Crippen MR) is 95.5 cm³/mol. The van der Waals surface area contributed by atoms with Gasteiger partial charge in [-0.3, -0.25) is 4.79 Å². The molecule has 132 valence electrons. The van der Waals surface area contributed by atoms with E-state index in [9.17, 15) is 9.18 Å². The van der Waals surface area contributed by atoms with Crippen molar-refractivity contribution in [1.29, 1.82) is 0 Å². The third-order valence-electron chi connectivity index (χ3n) is 4.71. The Bertz CT molecular complexity index is 736. The number of carbonyl (C=O) groups excluding carboxylic acids is 1. The fraction of sp³-hybridized carbons (Fsp3) is 0.381. The van der Waals surface area contributed by atoms with Crippen molar-refractivity contribution in [3.63, 3.8) is 0 Å². The molecule has 0 aromatic heterocycles. The molecule has 0 radical (unpaired) electrons. The van der Waals surface area contributed by atoms with Gasteiger partial charge in [-0.2, -0.15) is 0 Å². The van der Waals surface area contributed by atoms with Crippen molar-refractivity contribution in [3.05, 3.63) is 71.0 Å². The largest absolute Gasteiger partial charge is 0.374 e. The molecule has 1 fully saturated rings. The number of nitrogens with one attached hydrogen (secondary N) is 1. The van der Waals surface area contributed by atoms with Gasteiger partial charge in [-0.1, -0.05) is 36.4 Å². The molecular formula is C21H24FNO2. The van der Waals surface area contributed by atoms with Crippen LogP contribution in [-0.2, 0) is 28.1 Å². The van der Waals surface area contributed by atoms with Gasteiger partial charge in [-0.25, -0.2) is 4.39 Å². The summed E-state index contributed by atoms with van der Waals surface area (Å²) in [6.07, 6.45) is 1.78. The number of amides is 1. The molecule has 3 nitrogen and oxygen atoms in total. The van der Waals surface area contributed by atoms with Crippen LogP contribution in [0.15, 0.2) is 48.5 Å². The highest BCUT2D eigenvalue weighted by Crippen LogP contribution is 2.48. The number of rotatable bonds is 7. The van der Waals surface area contributed by atoms with Gasteiger partial charge in [0.25, 0.3) is 0 Å². The van der Waals surface area contributed by atoms with Gasteiger partial charge in [0.15, 0.2) is 0 Å². The van der Waals surface area contributed by atoms with Crippen molar-refractivity contribution in [3.8, 4) is 0 Å². The lowest BCUT2D eigenvalue weighted by Crippen LogP contribution is -2.34. The molecule has 1 amide bonds. The second-order valence-corrected chi connectivity index (χ2v) is 6.90. The number of hydrogen-bond donors (Lipinski definition) is 1. The molecule has 3 rings (SSSR count). The van der Waals surface area contributed by atoms with E-state index in [0.717, 1.165) is 29.5 Å². The smallest absolute Gasteiger partial charge is 0.230 e. The minimum absolute atomic E-state index is 0.0127. The van der Waals surface area contributed by atoms with Crippen LogP contribution in [0.1, 0.15) is 43.4 Å². The van der Waals surface area contributed by atoms with Gasteiger partial charge in [-0.15, -0.1) is 0 Å². The highest BCUT2D eigenvalue weighted by Gasteiger charge is 2.51. The Morgan fingerprint density at radius 3 is 2.36 bits per heavy atom. The molecule has 1 saturated carbocycles. The quantitative estimate of drug-likeness (QED) is 0.823. The van der Waals surface area contributed by atoms with Crippen LogP contribution in [0.2, 0.25) is 0 Å². The van der Waals surface area contributed by atoms with Gasteiger partial charge in [0.1, 0.15) is 5.82 Å². The Labute approximate surface area is 148 Å². The topological polar surface area (TPSA) is 38.3 Å². The normalized spacial score (nSPS) is 15.2. The van der Waals surface area contributed by atoms with Crippen LogP contribution in [0.4, 0.5) is 4.39 Å². The Kier molecular flexibility index (Phi) is 5.19. The van der Waals surface area contributed by atoms with Crippen molar-refractivity contribution < 1.29 is 13.9 Å². The maximum Gasteiger partial charge on any atom is 0.230 e. The number of halogens is 1. The number of benzene rings is 2. The highest BCUT2D eigenvalue weighted by molar-refractivity contribution is 5.91. The minimum Gasteiger partial charge on any atom is -0.374 e. The van der Waals surface area contributed by atoms with Crippen LogP contribution in [0.25, 0.3) is 0 Å². The molecule has 1 aliphatic rings. The number of ether oxygens (including phenoxy) is 1. The van der Waals surface area contributed by atoms with Crippen molar-refractivity contribution >= 4 is 5.91 Å². The fourth-order valence-electron chi connectivity index (χ4n) is 3.01. The predicted octanol–water partition coefficient (Wildman–Crippen LogP) is 4.10. The second-order valence-electron chi connectivity index (χ2n) is 6.90. The van der Waals surface area contributed by atoms with E-state index >= 15 is 0 Å². The average molecular weight is 341 g/mol. The van der Waals surface area contributed by atoms with Crippen LogP contribution in [0, 0.1) is 5.82 Å². The molecule has 1 N–H and O–H groups in total. The van der Waals surface area contributed by atoms with Crippen LogP contribution >= 0.6 is 0 Å². The van der Waals surface area contributed by atoms with Gasteiger partial charge in [-0.05, 0) is 55.5 Å². The Hall–Kier alpha value is -2.20. The van der Waals surface area contributed by atoms with Gasteiger partial charge >= 0.3 is 0 Å². The van der Waals surface area contributed by atoms with Gasteiger partial charge in [0, 0.05) is 6.54 Å². The third-order valence-corrected chi connectivity index (χ3v) is 4.71. The summed E-state index contributed by atoms with van der Waals surface area (Å²) in [7, 11) is 0. The maximum absolute atomic E-state index is 13.1. The zero-order valence-electron chi connectivity index (χ0n) is 14.7. The van der Waals surface area contributed by atoms with Crippen molar-refractivity contribution in [1.82, 2.24) is 5.32 Å². The van der Waals surface area contributed by atoms with Crippen LogP contribution in [0.5, 0.6) is 0 Å². The number of hydrogen-bond acceptors (Lipinski definition) is 2. The molecule has 25 heavy (non-hydrogen) atoms. The molecule has 2 aromatic rings. The lowest BCUT2D eigenvalue weighted by Gasteiger charge is -2.17. The molecular weight excluding hydrogens is 317 g/mol. The van der Waals surface area contributed by atoms with E-state index in [1.54, 1.807) is 12.1 Å². The summed E-state index contributed by atoms with van der Waals surface area (Å²) in [6, 6.07) is 14.2. The van der Waals surface area contributed by atoms with E-state index in [1.165, 1.54) is 12.1 Å². The first-order valence-electron chi connectivity index (χ1n) is 8.74. The van der Waals surface area contributed by atoms with E-state index in [-0.39, 0.29) is 17.8 Å². The first-order chi connectivity index (χ1) is 12.0. The average Bonchev–Trinajstić information content (AvgIpc) is 3.41. The van der Waals surface area contributed by atoms with Crippen LogP contribution < -0.4 is 5.32 Å². The summed E-state index contributed by atoms with van der Waals surface area (Å²) >= 11 is 0. The van der Waals surface area contributed by atoms with E-state index in [2.05, 4.69) is 5.32 Å². The lowest BCUT2D eigenvalue weighted by molar-refractivity contribution is -0.123. The Morgan fingerprint density at radius 1 is 1.12 bits per heavy atom. The molecule has 0 bridgehead atoms. The highest BCUT2D eigenvalue weighted by atomic mass is 19.1. The van der Waals surface area contributed by atoms with E-state index in [4.69, 9.17) is 4.74 Å². The molecule has 0 unspecified atom stereocenters. The second kappa shape index (κ2) is 7.36. The molecule has 0 atom stereocenters. The third kappa shape index (κ3) is 4.07. The monoisotopic (exact) mass is 341 g/mol. The molecule has 2 aromatic carbocycles. The van der Waals surface area contributed by atoms with Crippen molar-refractivity contribution in [2.24, 2.45) is 0 Å². The molecule has 0 spiro atoms.